The molecule has 9 heavy (non-hydrogen) atoms. The van der Waals surface area contributed by atoms with E-state index in [1.54, 1.807) is 7.05 Å². The smallest absolute Gasteiger partial charge is 0.0263 e. The van der Waals surface area contributed by atoms with Crippen molar-refractivity contribution in [3.8, 4) is 0 Å². The summed E-state index contributed by atoms with van der Waals surface area (Å²) in [6, 6.07) is 0. The summed E-state index contributed by atoms with van der Waals surface area (Å²) >= 11 is 0. The summed E-state index contributed by atoms with van der Waals surface area (Å²) in [5, 5.41) is 10.1. The monoisotopic (exact) mass is 129 g/mol. The maximum Gasteiger partial charge on any atom is 0.0263 e. The molecule has 1 aliphatic rings. The molecule has 1 saturated carbocycles. The van der Waals surface area contributed by atoms with Gasteiger partial charge in [0.2, 0.25) is 0 Å². The summed E-state index contributed by atoms with van der Waals surface area (Å²) in [5.41, 5.74) is 0. The van der Waals surface area contributed by atoms with Crippen LogP contribution in [0.2, 0.25) is 0 Å². The van der Waals surface area contributed by atoms with E-state index in [4.69, 9.17) is 5.21 Å². The van der Waals surface area contributed by atoms with Crippen LogP contribution in [0.4, 0.5) is 0 Å². The Hall–Kier alpha value is -0.0800. The molecule has 1 N–H and O–H groups in total. The van der Waals surface area contributed by atoms with Crippen LogP contribution in [0.25, 0.3) is 0 Å². The van der Waals surface area contributed by atoms with E-state index in [0.29, 0.717) is 0 Å². The van der Waals surface area contributed by atoms with Gasteiger partial charge in [-0.05, 0) is 18.8 Å². The summed E-state index contributed by atoms with van der Waals surface area (Å²) in [6.07, 6.45) is 5.34. The second kappa shape index (κ2) is 3.18. The van der Waals surface area contributed by atoms with E-state index in [1.807, 2.05) is 0 Å². The van der Waals surface area contributed by atoms with E-state index in [2.05, 4.69) is 0 Å². The number of hydroxylamine groups is 2. The lowest BCUT2D eigenvalue weighted by Crippen LogP contribution is -2.20. The van der Waals surface area contributed by atoms with Crippen molar-refractivity contribution in [3.05, 3.63) is 0 Å². The van der Waals surface area contributed by atoms with Crippen molar-refractivity contribution < 1.29 is 5.21 Å². The lowest BCUT2D eigenvalue weighted by molar-refractivity contribution is -0.0754. The van der Waals surface area contributed by atoms with Gasteiger partial charge >= 0.3 is 0 Å². The van der Waals surface area contributed by atoms with Crippen LogP contribution in [0.1, 0.15) is 25.7 Å². The summed E-state index contributed by atoms with van der Waals surface area (Å²) in [4.78, 5) is 0. The Labute approximate surface area is 56.4 Å². The van der Waals surface area contributed by atoms with Crippen LogP contribution >= 0.6 is 0 Å². The highest BCUT2D eigenvalue weighted by atomic mass is 16.5. The van der Waals surface area contributed by atoms with E-state index in [1.165, 1.54) is 30.7 Å². The first-order valence-electron chi connectivity index (χ1n) is 3.69. The fourth-order valence-corrected chi connectivity index (χ4v) is 1.57. The zero-order valence-electron chi connectivity index (χ0n) is 6.01. The van der Waals surface area contributed by atoms with E-state index in [-0.39, 0.29) is 0 Å². The lowest BCUT2D eigenvalue weighted by Gasteiger charge is -2.12. The fourth-order valence-electron chi connectivity index (χ4n) is 1.57. The van der Waals surface area contributed by atoms with Crippen molar-refractivity contribution in [1.29, 1.82) is 0 Å². The van der Waals surface area contributed by atoms with Gasteiger partial charge in [0.05, 0.1) is 0 Å². The molecule has 54 valence electrons. The molecule has 0 aliphatic heterocycles. The van der Waals surface area contributed by atoms with Gasteiger partial charge in [-0.2, -0.15) is 5.06 Å². The first-order valence-corrected chi connectivity index (χ1v) is 3.69. The average molecular weight is 129 g/mol. The third kappa shape index (κ3) is 2.33. The second-order valence-corrected chi connectivity index (χ2v) is 2.99. The van der Waals surface area contributed by atoms with E-state index in [9.17, 15) is 0 Å². The Morgan fingerprint density at radius 2 is 2.00 bits per heavy atom. The first kappa shape index (κ1) is 7.03. The Bertz CT molecular complexity index is 77.0. The molecule has 0 amide bonds. The molecule has 1 fully saturated rings. The molecule has 0 radical (unpaired) electrons. The third-order valence-corrected chi connectivity index (χ3v) is 2.00. The predicted molar refractivity (Wildman–Crippen MR) is 36.4 cm³/mol. The molecule has 2 heteroatoms. The van der Waals surface area contributed by atoms with Crippen LogP contribution in [0.5, 0.6) is 0 Å². The van der Waals surface area contributed by atoms with E-state index in [0.717, 1.165) is 12.5 Å². The predicted octanol–water partition coefficient (Wildman–Crippen LogP) is 1.50. The Morgan fingerprint density at radius 3 is 2.44 bits per heavy atom. The molecule has 1 rings (SSSR count). The normalized spacial score (nSPS) is 21.7. The van der Waals surface area contributed by atoms with E-state index < -0.39 is 0 Å². The molecule has 0 aromatic rings. The highest BCUT2D eigenvalue weighted by Crippen LogP contribution is 2.24. The van der Waals surface area contributed by atoms with Crippen LogP contribution in [-0.4, -0.2) is 23.9 Å². The average Bonchev–Trinajstić information content (AvgIpc) is 2.15. The minimum atomic E-state index is 0.764. The van der Waals surface area contributed by atoms with Gasteiger partial charge in [0.15, 0.2) is 0 Å². The molecule has 1 aliphatic carbocycles. The number of rotatable bonds is 2. The maximum absolute atomic E-state index is 8.85. The zero-order chi connectivity index (χ0) is 6.69. The minimum absolute atomic E-state index is 0.764. The van der Waals surface area contributed by atoms with Crippen LogP contribution in [0.15, 0.2) is 0 Å². The first-order chi connectivity index (χ1) is 4.29. The SMILES string of the molecule is CN(O)CC1CCCC1. The highest BCUT2D eigenvalue weighted by Gasteiger charge is 2.15. The van der Waals surface area contributed by atoms with Gasteiger partial charge in [-0.15, -0.1) is 0 Å². The van der Waals surface area contributed by atoms with Crippen molar-refractivity contribution in [2.24, 2.45) is 5.92 Å². The lowest BCUT2D eigenvalue weighted by atomic mass is 10.1. The van der Waals surface area contributed by atoms with Crippen molar-refractivity contribution >= 4 is 0 Å². The van der Waals surface area contributed by atoms with Crippen molar-refractivity contribution in [2.45, 2.75) is 25.7 Å². The highest BCUT2D eigenvalue weighted by molar-refractivity contribution is 4.67. The molecule has 0 atom stereocenters. The molecule has 0 bridgehead atoms. The summed E-state index contributed by atoms with van der Waals surface area (Å²) in [7, 11) is 1.72. The van der Waals surface area contributed by atoms with Crippen molar-refractivity contribution in [3.63, 3.8) is 0 Å². The van der Waals surface area contributed by atoms with Gasteiger partial charge in [0, 0.05) is 13.6 Å². The molecular weight excluding hydrogens is 114 g/mol. The van der Waals surface area contributed by atoms with Crippen LogP contribution < -0.4 is 0 Å². The summed E-state index contributed by atoms with van der Waals surface area (Å²) in [6.45, 7) is 0.861. The Balaban J connectivity index is 2.11. The topological polar surface area (TPSA) is 23.5 Å². The number of hydrogen-bond acceptors (Lipinski definition) is 2. The third-order valence-electron chi connectivity index (χ3n) is 2.00. The van der Waals surface area contributed by atoms with E-state index >= 15 is 0 Å². The molecular formula is C7H15NO. The molecule has 0 heterocycles. The second-order valence-electron chi connectivity index (χ2n) is 2.99. The van der Waals surface area contributed by atoms with Gasteiger partial charge in [-0.1, -0.05) is 12.8 Å². The zero-order valence-corrected chi connectivity index (χ0v) is 6.01. The Morgan fingerprint density at radius 1 is 1.44 bits per heavy atom. The summed E-state index contributed by atoms with van der Waals surface area (Å²) < 4.78 is 0. The number of hydrogen-bond donors (Lipinski definition) is 1. The van der Waals surface area contributed by atoms with Crippen molar-refractivity contribution in [1.82, 2.24) is 5.06 Å². The largest absolute Gasteiger partial charge is 0.314 e. The molecule has 2 nitrogen and oxygen atoms in total. The molecule has 0 aromatic carbocycles. The maximum atomic E-state index is 8.85. The van der Waals surface area contributed by atoms with Gasteiger partial charge in [0.25, 0.3) is 0 Å². The molecule has 0 unspecified atom stereocenters. The number of nitrogens with zero attached hydrogens (tertiary/aromatic N) is 1. The quantitative estimate of drug-likeness (QED) is 0.571. The van der Waals surface area contributed by atoms with Crippen LogP contribution in [0, 0.1) is 5.92 Å². The van der Waals surface area contributed by atoms with Gasteiger partial charge in [-0.25, -0.2) is 0 Å². The standard InChI is InChI=1S/C7H15NO/c1-8(9)6-7-4-2-3-5-7/h7,9H,2-6H2,1H3. The minimum Gasteiger partial charge on any atom is -0.314 e. The van der Waals surface area contributed by atoms with Gasteiger partial charge < -0.3 is 5.21 Å². The van der Waals surface area contributed by atoms with Gasteiger partial charge in [0.1, 0.15) is 0 Å². The van der Waals surface area contributed by atoms with Crippen molar-refractivity contribution in [2.75, 3.05) is 13.6 Å². The van der Waals surface area contributed by atoms with Crippen LogP contribution in [0.3, 0.4) is 0 Å². The fraction of sp³-hybridized carbons (Fsp3) is 1.00. The summed E-state index contributed by atoms with van der Waals surface area (Å²) in [5.74, 6) is 0.764. The van der Waals surface area contributed by atoms with Crippen LogP contribution in [-0.2, 0) is 0 Å². The Kier molecular flexibility index (Phi) is 2.49. The van der Waals surface area contributed by atoms with Gasteiger partial charge in [-0.3, -0.25) is 0 Å². The molecule has 0 spiro atoms. The molecule has 0 saturated heterocycles. The molecule has 0 aromatic heterocycles.